The van der Waals surface area contributed by atoms with Gasteiger partial charge in [-0.3, -0.25) is 4.68 Å². The van der Waals surface area contributed by atoms with Gasteiger partial charge in [-0.05, 0) is 25.4 Å². The molecule has 0 amide bonds. The average molecular weight is 296 g/mol. The molecule has 0 fully saturated rings. The Morgan fingerprint density at radius 2 is 1.90 bits per heavy atom. The first kappa shape index (κ1) is 14.5. The van der Waals surface area contributed by atoms with Gasteiger partial charge in [-0.15, -0.1) is 0 Å². The van der Waals surface area contributed by atoms with Gasteiger partial charge in [0.25, 0.3) is 0 Å². The summed E-state index contributed by atoms with van der Waals surface area (Å²) in [6.07, 6.45) is 0. The third-order valence-corrected chi connectivity index (χ3v) is 3.25. The van der Waals surface area contributed by atoms with E-state index in [1.807, 2.05) is 39.7 Å². The summed E-state index contributed by atoms with van der Waals surface area (Å²) in [4.78, 5) is 14.2. The van der Waals surface area contributed by atoms with Crippen molar-refractivity contribution in [1.29, 1.82) is 0 Å². The second-order valence-electron chi connectivity index (χ2n) is 4.75. The van der Waals surface area contributed by atoms with Crippen LogP contribution in [0.3, 0.4) is 0 Å². The van der Waals surface area contributed by atoms with E-state index in [2.05, 4.69) is 25.4 Å². The second-order valence-corrected chi connectivity index (χ2v) is 5.09. The molecule has 2 aromatic rings. The first-order valence-electron chi connectivity index (χ1n) is 6.20. The van der Waals surface area contributed by atoms with Crippen molar-refractivity contribution >= 4 is 23.5 Å². The van der Waals surface area contributed by atoms with Gasteiger partial charge in [-0.2, -0.15) is 20.1 Å². The van der Waals surface area contributed by atoms with E-state index in [9.17, 15) is 0 Å². The molecule has 0 aliphatic heterocycles. The summed E-state index contributed by atoms with van der Waals surface area (Å²) in [5.41, 5.74) is 3.24. The molecule has 0 saturated heterocycles. The van der Waals surface area contributed by atoms with Gasteiger partial charge in [-0.25, -0.2) is 0 Å². The van der Waals surface area contributed by atoms with Gasteiger partial charge < -0.3 is 10.2 Å². The smallest absolute Gasteiger partial charge is 0.230 e. The van der Waals surface area contributed by atoms with Crippen LogP contribution in [0.2, 0.25) is 5.28 Å². The van der Waals surface area contributed by atoms with Crippen LogP contribution < -0.4 is 10.2 Å². The molecule has 0 bridgehead atoms. The second kappa shape index (κ2) is 5.62. The minimum absolute atomic E-state index is 0.172. The van der Waals surface area contributed by atoms with Gasteiger partial charge in [0, 0.05) is 38.9 Å². The van der Waals surface area contributed by atoms with Crippen molar-refractivity contribution in [2.45, 2.75) is 20.4 Å². The van der Waals surface area contributed by atoms with Crippen LogP contribution >= 0.6 is 11.6 Å². The van der Waals surface area contributed by atoms with Crippen LogP contribution in [0.4, 0.5) is 11.9 Å². The number of hydrogen-bond acceptors (Lipinski definition) is 6. The quantitative estimate of drug-likeness (QED) is 0.923. The molecule has 0 saturated carbocycles. The van der Waals surface area contributed by atoms with Crippen molar-refractivity contribution < 1.29 is 0 Å². The molecule has 0 aliphatic rings. The first-order chi connectivity index (χ1) is 9.38. The standard InChI is InChI=1S/C12H18ClN7/c1-7-9(8(2)20(5)18-7)6-14-11-15-10(13)16-12(17-11)19(3)4/h6H2,1-5H3,(H,14,15,16,17). The molecule has 2 aromatic heterocycles. The van der Waals surface area contributed by atoms with Crippen LogP contribution in [-0.2, 0) is 13.6 Å². The fraction of sp³-hybridized carbons (Fsp3) is 0.500. The number of anilines is 2. The van der Waals surface area contributed by atoms with E-state index in [0.29, 0.717) is 18.4 Å². The van der Waals surface area contributed by atoms with E-state index in [0.717, 1.165) is 17.0 Å². The molecule has 7 nitrogen and oxygen atoms in total. The highest BCUT2D eigenvalue weighted by Crippen LogP contribution is 2.15. The molecular formula is C12H18ClN7. The lowest BCUT2D eigenvalue weighted by Gasteiger charge is -2.12. The minimum Gasteiger partial charge on any atom is -0.350 e. The Labute approximate surface area is 123 Å². The van der Waals surface area contributed by atoms with Crippen LogP contribution in [0, 0.1) is 13.8 Å². The molecule has 2 rings (SSSR count). The Morgan fingerprint density at radius 3 is 2.45 bits per heavy atom. The Morgan fingerprint density at radius 1 is 1.20 bits per heavy atom. The molecule has 0 spiro atoms. The van der Waals surface area contributed by atoms with Gasteiger partial charge in [-0.1, -0.05) is 0 Å². The van der Waals surface area contributed by atoms with Crippen molar-refractivity contribution in [1.82, 2.24) is 24.7 Å². The SMILES string of the molecule is Cc1nn(C)c(C)c1CNc1nc(Cl)nc(N(C)C)n1. The largest absolute Gasteiger partial charge is 0.350 e. The molecule has 0 radical (unpaired) electrons. The topological polar surface area (TPSA) is 71.8 Å². The number of halogens is 1. The van der Waals surface area contributed by atoms with E-state index in [-0.39, 0.29) is 5.28 Å². The fourth-order valence-corrected chi connectivity index (χ4v) is 2.02. The number of aryl methyl sites for hydroxylation is 2. The zero-order chi connectivity index (χ0) is 14.9. The van der Waals surface area contributed by atoms with E-state index in [1.165, 1.54) is 0 Å². The molecule has 0 unspecified atom stereocenters. The van der Waals surface area contributed by atoms with Gasteiger partial charge in [0.1, 0.15) is 0 Å². The molecule has 2 heterocycles. The van der Waals surface area contributed by atoms with E-state index in [4.69, 9.17) is 11.6 Å². The highest BCUT2D eigenvalue weighted by Gasteiger charge is 2.11. The molecule has 0 aliphatic carbocycles. The highest BCUT2D eigenvalue weighted by atomic mass is 35.5. The molecule has 1 N–H and O–H groups in total. The zero-order valence-electron chi connectivity index (χ0n) is 12.3. The monoisotopic (exact) mass is 295 g/mol. The number of nitrogens with one attached hydrogen (secondary N) is 1. The van der Waals surface area contributed by atoms with Crippen molar-refractivity contribution in [3.05, 3.63) is 22.2 Å². The summed E-state index contributed by atoms with van der Waals surface area (Å²) >= 11 is 5.90. The molecule has 0 atom stereocenters. The Kier molecular flexibility index (Phi) is 4.08. The third kappa shape index (κ3) is 2.98. The van der Waals surface area contributed by atoms with Crippen molar-refractivity contribution in [3.8, 4) is 0 Å². The van der Waals surface area contributed by atoms with Gasteiger partial charge in [0.2, 0.25) is 17.2 Å². The van der Waals surface area contributed by atoms with Gasteiger partial charge >= 0.3 is 0 Å². The maximum absolute atomic E-state index is 5.90. The lowest BCUT2D eigenvalue weighted by Crippen LogP contribution is -2.15. The summed E-state index contributed by atoms with van der Waals surface area (Å²) in [7, 11) is 5.63. The highest BCUT2D eigenvalue weighted by molar-refractivity contribution is 6.28. The summed E-state index contributed by atoms with van der Waals surface area (Å²) in [5, 5.41) is 7.71. The van der Waals surface area contributed by atoms with Gasteiger partial charge in [0.05, 0.1) is 5.69 Å². The summed E-state index contributed by atoms with van der Waals surface area (Å²) in [6, 6.07) is 0. The van der Waals surface area contributed by atoms with Crippen LogP contribution in [0.25, 0.3) is 0 Å². The predicted octanol–water partition coefficient (Wildman–Crippen LogP) is 1.55. The molecule has 0 aromatic carbocycles. The van der Waals surface area contributed by atoms with Crippen molar-refractivity contribution in [2.75, 3.05) is 24.3 Å². The lowest BCUT2D eigenvalue weighted by atomic mass is 10.2. The molecular weight excluding hydrogens is 278 g/mol. The zero-order valence-corrected chi connectivity index (χ0v) is 13.0. The maximum atomic E-state index is 5.90. The molecule has 8 heteroatoms. The summed E-state index contributed by atoms with van der Waals surface area (Å²) in [6.45, 7) is 4.61. The van der Waals surface area contributed by atoms with Crippen LogP contribution in [0.5, 0.6) is 0 Å². The predicted molar refractivity (Wildman–Crippen MR) is 79.2 cm³/mol. The number of rotatable bonds is 4. The van der Waals surface area contributed by atoms with Crippen LogP contribution in [-0.4, -0.2) is 38.8 Å². The number of nitrogens with zero attached hydrogens (tertiary/aromatic N) is 6. The van der Waals surface area contributed by atoms with Crippen LogP contribution in [0.15, 0.2) is 0 Å². The molecule has 20 heavy (non-hydrogen) atoms. The normalized spacial score (nSPS) is 10.7. The van der Waals surface area contributed by atoms with Crippen LogP contribution in [0.1, 0.15) is 17.0 Å². The minimum atomic E-state index is 0.172. The van der Waals surface area contributed by atoms with Crippen molar-refractivity contribution in [2.24, 2.45) is 7.05 Å². The Hall–Kier alpha value is -1.89. The number of aromatic nitrogens is 5. The number of hydrogen-bond donors (Lipinski definition) is 1. The summed E-state index contributed by atoms with van der Waals surface area (Å²) in [5.74, 6) is 0.975. The van der Waals surface area contributed by atoms with Crippen molar-refractivity contribution in [3.63, 3.8) is 0 Å². The van der Waals surface area contributed by atoms with E-state index < -0.39 is 0 Å². The van der Waals surface area contributed by atoms with E-state index >= 15 is 0 Å². The maximum Gasteiger partial charge on any atom is 0.230 e. The lowest BCUT2D eigenvalue weighted by molar-refractivity contribution is 0.730. The first-order valence-corrected chi connectivity index (χ1v) is 6.58. The average Bonchev–Trinajstić information content (AvgIpc) is 2.60. The third-order valence-electron chi connectivity index (χ3n) is 3.08. The van der Waals surface area contributed by atoms with E-state index in [1.54, 1.807) is 4.90 Å². The summed E-state index contributed by atoms with van der Waals surface area (Å²) < 4.78 is 1.86. The fourth-order valence-electron chi connectivity index (χ4n) is 1.86. The molecule has 108 valence electrons. The Bertz CT molecular complexity index is 621. The van der Waals surface area contributed by atoms with Gasteiger partial charge in [0.15, 0.2) is 0 Å². The Balaban J connectivity index is 2.18.